The van der Waals surface area contributed by atoms with Gasteiger partial charge in [0.05, 0.1) is 13.0 Å². The van der Waals surface area contributed by atoms with Crippen molar-refractivity contribution < 1.29 is 9.53 Å². The van der Waals surface area contributed by atoms with E-state index in [9.17, 15) is 4.79 Å². The molecule has 4 nitrogen and oxygen atoms in total. The molecule has 108 valence electrons. The van der Waals surface area contributed by atoms with Gasteiger partial charge in [-0.05, 0) is 55.4 Å². The fourth-order valence-corrected chi connectivity index (χ4v) is 3.55. The minimum absolute atomic E-state index is 0.255. The lowest BCUT2D eigenvalue weighted by Gasteiger charge is -2.24. The van der Waals surface area contributed by atoms with Gasteiger partial charge in [-0.2, -0.15) is 0 Å². The lowest BCUT2D eigenvalue weighted by molar-refractivity contribution is -0.118. The smallest absolute Gasteiger partial charge is 0.220 e. The highest BCUT2D eigenvalue weighted by Crippen LogP contribution is 2.45. The topological polar surface area (TPSA) is 64.4 Å². The second-order valence-electron chi connectivity index (χ2n) is 6.01. The standard InChI is InChI=1S/C16H22N2O2/c17-16(19)7-8-20-14-5-3-13(4-6-14)18-15-10-11-1-2-12(15)9-11/h3-6,11-12,15,18H,1-2,7-10H2,(H2,17,19). The highest BCUT2D eigenvalue weighted by Gasteiger charge is 2.39. The summed E-state index contributed by atoms with van der Waals surface area (Å²) in [5, 5.41) is 3.64. The van der Waals surface area contributed by atoms with Gasteiger partial charge in [-0.1, -0.05) is 6.42 Å². The first-order valence-corrected chi connectivity index (χ1v) is 7.48. The van der Waals surface area contributed by atoms with E-state index in [0.717, 1.165) is 23.3 Å². The second-order valence-corrected chi connectivity index (χ2v) is 6.01. The number of rotatable bonds is 6. The highest BCUT2D eigenvalue weighted by atomic mass is 16.5. The minimum atomic E-state index is -0.334. The van der Waals surface area contributed by atoms with Crippen LogP contribution < -0.4 is 15.8 Å². The van der Waals surface area contributed by atoms with Crippen LogP contribution in [0.15, 0.2) is 24.3 Å². The molecule has 0 heterocycles. The number of primary amides is 1. The largest absolute Gasteiger partial charge is 0.493 e. The Kier molecular flexibility index (Phi) is 3.81. The fraction of sp³-hybridized carbons (Fsp3) is 0.562. The van der Waals surface area contributed by atoms with E-state index < -0.39 is 0 Å². The van der Waals surface area contributed by atoms with Gasteiger partial charge in [0.1, 0.15) is 5.75 Å². The average Bonchev–Trinajstić information content (AvgIpc) is 3.03. The van der Waals surface area contributed by atoms with Gasteiger partial charge in [-0.3, -0.25) is 4.79 Å². The third kappa shape index (κ3) is 3.06. The molecule has 1 amide bonds. The van der Waals surface area contributed by atoms with Gasteiger partial charge in [-0.25, -0.2) is 0 Å². The maximum Gasteiger partial charge on any atom is 0.220 e. The van der Waals surface area contributed by atoms with Crippen molar-refractivity contribution in [2.24, 2.45) is 17.6 Å². The zero-order valence-corrected chi connectivity index (χ0v) is 11.7. The molecule has 0 spiro atoms. The van der Waals surface area contributed by atoms with E-state index in [4.69, 9.17) is 10.5 Å². The maximum atomic E-state index is 10.6. The summed E-state index contributed by atoms with van der Waals surface area (Å²) in [6, 6.07) is 8.62. The molecule has 3 unspecified atom stereocenters. The Labute approximate surface area is 119 Å². The first kappa shape index (κ1) is 13.3. The number of nitrogens with one attached hydrogen (secondary N) is 1. The number of anilines is 1. The molecular weight excluding hydrogens is 252 g/mol. The Hall–Kier alpha value is -1.71. The second kappa shape index (κ2) is 5.73. The Morgan fingerprint density at radius 1 is 1.25 bits per heavy atom. The van der Waals surface area contributed by atoms with Gasteiger partial charge >= 0.3 is 0 Å². The van der Waals surface area contributed by atoms with Gasteiger partial charge in [0.2, 0.25) is 5.91 Å². The van der Waals surface area contributed by atoms with Crippen LogP contribution in [0, 0.1) is 11.8 Å². The van der Waals surface area contributed by atoms with Crippen LogP contribution in [0.3, 0.4) is 0 Å². The van der Waals surface area contributed by atoms with E-state index in [1.165, 1.54) is 25.7 Å². The van der Waals surface area contributed by atoms with Crippen LogP contribution in [0.5, 0.6) is 5.75 Å². The third-order valence-corrected chi connectivity index (χ3v) is 4.56. The van der Waals surface area contributed by atoms with Crippen LogP contribution in [0.1, 0.15) is 32.1 Å². The van der Waals surface area contributed by atoms with Gasteiger partial charge in [-0.15, -0.1) is 0 Å². The minimum Gasteiger partial charge on any atom is -0.493 e. The molecule has 2 aliphatic rings. The zero-order chi connectivity index (χ0) is 13.9. The number of hydrogen-bond acceptors (Lipinski definition) is 3. The van der Waals surface area contributed by atoms with Crippen molar-refractivity contribution in [3.8, 4) is 5.75 Å². The maximum absolute atomic E-state index is 10.6. The average molecular weight is 274 g/mol. The van der Waals surface area contributed by atoms with Crippen molar-refractivity contribution >= 4 is 11.6 Å². The summed E-state index contributed by atoms with van der Waals surface area (Å²) >= 11 is 0. The molecule has 3 atom stereocenters. The van der Waals surface area contributed by atoms with Crippen molar-refractivity contribution in [2.45, 2.75) is 38.1 Å². The summed E-state index contributed by atoms with van der Waals surface area (Å²) in [6.45, 7) is 0.342. The summed E-state index contributed by atoms with van der Waals surface area (Å²) in [7, 11) is 0. The van der Waals surface area contributed by atoms with E-state index >= 15 is 0 Å². The van der Waals surface area contributed by atoms with E-state index in [1.54, 1.807) is 0 Å². The van der Waals surface area contributed by atoms with Gasteiger partial charge in [0.25, 0.3) is 0 Å². The van der Waals surface area contributed by atoms with E-state index in [-0.39, 0.29) is 12.3 Å². The van der Waals surface area contributed by atoms with Crippen molar-refractivity contribution in [1.29, 1.82) is 0 Å². The van der Waals surface area contributed by atoms with Crippen LogP contribution in [0.2, 0.25) is 0 Å². The van der Waals surface area contributed by atoms with Crippen molar-refractivity contribution in [2.75, 3.05) is 11.9 Å². The number of amides is 1. The van der Waals surface area contributed by atoms with Crippen molar-refractivity contribution in [1.82, 2.24) is 0 Å². The summed E-state index contributed by atoms with van der Waals surface area (Å²) in [5.41, 5.74) is 6.23. The molecule has 1 aromatic rings. The monoisotopic (exact) mass is 274 g/mol. The van der Waals surface area contributed by atoms with Crippen LogP contribution in [0.4, 0.5) is 5.69 Å². The highest BCUT2D eigenvalue weighted by molar-refractivity contribution is 5.73. The molecule has 20 heavy (non-hydrogen) atoms. The third-order valence-electron chi connectivity index (χ3n) is 4.56. The first-order chi connectivity index (χ1) is 9.70. The molecule has 2 fully saturated rings. The number of benzene rings is 1. The molecular formula is C16H22N2O2. The number of hydrogen-bond donors (Lipinski definition) is 2. The first-order valence-electron chi connectivity index (χ1n) is 7.48. The number of nitrogens with two attached hydrogens (primary N) is 1. The van der Waals surface area contributed by atoms with Crippen LogP contribution in [-0.2, 0) is 4.79 Å². The van der Waals surface area contributed by atoms with Gasteiger partial charge < -0.3 is 15.8 Å². The molecule has 0 saturated heterocycles. The molecule has 0 aliphatic heterocycles. The van der Waals surface area contributed by atoms with Gasteiger partial charge in [0, 0.05) is 11.7 Å². The molecule has 1 aromatic carbocycles. The Morgan fingerprint density at radius 2 is 2.05 bits per heavy atom. The normalized spacial score (nSPS) is 27.5. The zero-order valence-electron chi connectivity index (χ0n) is 11.7. The number of carbonyl (C=O) groups is 1. The summed E-state index contributed by atoms with van der Waals surface area (Å²) in [6.07, 6.45) is 5.80. The SMILES string of the molecule is NC(=O)CCOc1ccc(NC2CC3CCC2C3)cc1. The Bertz CT molecular complexity index is 472. The molecule has 0 aromatic heterocycles. The predicted octanol–water partition coefficient (Wildman–Crippen LogP) is 2.54. The Morgan fingerprint density at radius 3 is 2.65 bits per heavy atom. The van der Waals surface area contributed by atoms with E-state index in [1.807, 2.05) is 24.3 Å². The van der Waals surface area contributed by atoms with E-state index in [0.29, 0.717) is 12.6 Å². The molecule has 2 aliphatic carbocycles. The molecule has 2 bridgehead atoms. The molecule has 0 radical (unpaired) electrons. The van der Waals surface area contributed by atoms with Crippen LogP contribution in [-0.4, -0.2) is 18.6 Å². The molecule has 3 rings (SSSR count). The summed E-state index contributed by atoms with van der Waals surface area (Å²) in [4.78, 5) is 10.6. The quantitative estimate of drug-likeness (QED) is 0.838. The number of carbonyl (C=O) groups excluding carboxylic acids is 1. The lowest BCUT2D eigenvalue weighted by atomic mass is 9.95. The van der Waals surface area contributed by atoms with Crippen LogP contribution >= 0.6 is 0 Å². The van der Waals surface area contributed by atoms with E-state index in [2.05, 4.69) is 5.32 Å². The molecule has 2 saturated carbocycles. The lowest BCUT2D eigenvalue weighted by Crippen LogP contribution is -2.25. The summed E-state index contributed by atoms with van der Waals surface area (Å²) < 4.78 is 5.46. The predicted molar refractivity (Wildman–Crippen MR) is 78.6 cm³/mol. The number of ether oxygens (including phenoxy) is 1. The van der Waals surface area contributed by atoms with Gasteiger partial charge in [0.15, 0.2) is 0 Å². The van der Waals surface area contributed by atoms with Crippen LogP contribution in [0.25, 0.3) is 0 Å². The fourth-order valence-electron chi connectivity index (χ4n) is 3.55. The van der Waals surface area contributed by atoms with Crippen molar-refractivity contribution in [3.63, 3.8) is 0 Å². The molecule has 3 N–H and O–H groups in total. The summed E-state index contributed by atoms with van der Waals surface area (Å²) in [5.74, 6) is 2.27. The Balaban J connectivity index is 1.50. The molecule has 4 heteroatoms. The number of fused-ring (bicyclic) bond motifs is 2. The van der Waals surface area contributed by atoms with Crippen molar-refractivity contribution in [3.05, 3.63) is 24.3 Å².